The molecule has 0 radical (unpaired) electrons. The van der Waals surface area contributed by atoms with Crippen molar-refractivity contribution in [3.05, 3.63) is 71.2 Å². The van der Waals surface area contributed by atoms with Crippen LogP contribution >= 0.6 is 0 Å². The Morgan fingerprint density at radius 1 is 1.10 bits per heavy atom. The van der Waals surface area contributed by atoms with Crippen molar-refractivity contribution in [2.75, 3.05) is 13.7 Å². The van der Waals surface area contributed by atoms with Crippen LogP contribution in [0.5, 0.6) is 5.75 Å². The van der Waals surface area contributed by atoms with E-state index in [1.54, 1.807) is 50.4 Å². The number of ether oxygens (including phenoxy) is 2. The molecule has 0 bridgehead atoms. The third kappa shape index (κ3) is 3.14. The summed E-state index contributed by atoms with van der Waals surface area (Å²) in [5.41, 5.74) is 1.39. The zero-order chi connectivity index (χ0) is 20.5. The minimum Gasteiger partial charge on any atom is -0.497 e. The first-order chi connectivity index (χ1) is 14.0. The van der Waals surface area contributed by atoms with Crippen LogP contribution in [0.25, 0.3) is 0 Å². The van der Waals surface area contributed by atoms with Gasteiger partial charge in [-0.25, -0.2) is 9.79 Å². The van der Waals surface area contributed by atoms with E-state index in [1.165, 1.54) is 12.3 Å². The molecule has 2 unspecified atom stereocenters. The van der Waals surface area contributed by atoms with Crippen LogP contribution in [0.2, 0.25) is 0 Å². The Morgan fingerprint density at radius 3 is 2.55 bits per heavy atom. The van der Waals surface area contributed by atoms with Gasteiger partial charge in [-0.15, -0.1) is 0 Å². The Bertz CT molecular complexity index is 1070. The number of rotatable bonds is 4. The smallest absolute Gasteiger partial charge is 0.356 e. The number of aromatic nitrogens is 1. The molecule has 0 N–H and O–H groups in total. The summed E-state index contributed by atoms with van der Waals surface area (Å²) >= 11 is 0. The molecule has 7 heteroatoms. The molecule has 2 aliphatic rings. The summed E-state index contributed by atoms with van der Waals surface area (Å²) in [7, 11) is 1.55. The van der Waals surface area contributed by atoms with Crippen LogP contribution in [-0.4, -0.2) is 41.9 Å². The third-order valence-electron chi connectivity index (χ3n) is 4.99. The van der Waals surface area contributed by atoms with Gasteiger partial charge in [-0.1, -0.05) is 0 Å². The molecule has 0 saturated carbocycles. The fourth-order valence-corrected chi connectivity index (χ4v) is 3.64. The fraction of sp³-hybridized carbons (Fsp3) is 0.227. The molecule has 29 heavy (non-hydrogen) atoms. The van der Waals surface area contributed by atoms with Crippen molar-refractivity contribution >= 4 is 23.2 Å². The van der Waals surface area contributed by atoms with Gasteiger partial charge in [0.2, 0.25) is 0 Å². The number of aliphatic imine (C=N–C) groups is 1. The van der Waals surface area contributed by atoms with E-state index in [0.717, 1.165) is 0 Å². The van der Waals surface area contributed by atoms with E-state index < -0.39 is 17.8 Å². The summed E-state index contributed by atoms with van der Waals surface area (Å²) in [6.45, 7) is 1.86. The van der Waals surface area contributed by atoms with Crippen LogP contribution < -0.4 is 4.74 Å². The molecule has 1 aromatic carbocycles. The van der Waals surface area contributed by atoms with E-state index in [4.69, 9.17) is 9.47 Å². The number of methoxy groups -OCH3 is 1. The minimum atomic E-state index is -0.862. The molecule has 0 fully saturated rings. The number of allylic oxidation sites excluding steroid dienone is 1. The normalized spacial score (nSPS) is 20.2. The van der Waals surface area contributed by atoms with Gasteiger partial charge in [-0.3, -0.25) is 14.6 Å². The molecule has 7 nitrogen and oxygen atoms in total. The molecular weight excluding hydrogens is 372 g/mol. The van der Waals surface area contributed by atoms with E-state index in [1.807, 2.05) is 0 Å². The number of benzene rings is 1. The first kappa shape index (κ1) is 18.7. The van der Waals surface area contributed by atoms with E-state index in [0.29, 0.717) is 17.0 Å². The lowest BCUT2D eigenvalue weighted by atomic mass is 9.70. The van der Waals surface area contributed by atoms with Gasteiger partial charge in [-0.05, 0) is 55.0 Å². The van der Waals surface area contributed by atoms with E-state index in [-0.39, 0.29) is 35.1 Å². The van der Waals surface area contributed by atoms with Gasteiger partial charge in [-0.2, -0.15) is 0 Å². The number of Topliss-reactive ketones (excluding diaryl/α,β-unsaturated/α-hetero) is 2. The topological polar surface area (TPSA) is 94.9 Å². The number of fused-ring (bicyclic) bond motifs is 2. The highest BCUT2D eigenvalue weighted by Gasteiger charge is 2.46. The highest BCUT2D eigenvalue weighted by atomic mass is 16.5. The van der Waals surface area contributed by atoms with Crippen LogP contribution in [0.1, 0.15) is 33.3 Å². The molecule has 2 atom stereocenters. The van der Waals surface area contributed by atoms with Gasteiger partial charge >= 0.3 is 5.97 Å². The SMILES string of the molecule is CCOC(=O)C1=CC2C(=O)c3ncccc3C(=O)C2C(c2ccc(OC)cc2)=N1. The van der Waals surface area contributed by atoms with Crippen molar-refractivity contribution < 1.29 is 23.9 Å². The lowest BCUT2D eigenvalue weighted by Crippen LogP contribution is -2.43. The Kier molecular flexibility index (Phi) is 4.80. The van der Waals surface area contributed by atoms with Gasteiger partial charge in [0.15, 0.2) is 11.6 Å². The molecule has 1 aliphatic carbocycles. The first-order valence-corrected chi connectivity index (χ1v) is 9.20. The monoisotopic (exact) mass is 390 g/mol. The van der Waals surface area contributed by atoms with Gasteiger partial charge in [0.1, 0.15) is 17.1 Å². The highest BCUT2D eigenvalue weighted by molar-refractivity contribution is 6.27. The highest BCUT2D eigenvalue weighted by Crippen LogP contribution is 2.37. The van der Waals surface area contributed by atoms with Crippen molar-refractivity contribution in [3.63, 3.8) is 0 Å². The van der Waals surface area contributed by atoms with Crippen molar-refractivity contribution in [2.45, 2.75) is 6.92 Å². The summed E-state index contributed by atoms with van der Waals surface area (Å²) in [6.07, 6.45) is 2.90. The van der Waals surface area contributed by atoms with Crippen LogP contribution in [0.15, 0.2) is 59.4 Å². The number of esters is 1. The van der Waals surface area contributed by atoms with Crippen molar-refractivity contribution in [1.29, 1.82) is 0 Å². The number of hydrogen-bond acceptors (Lipinski definition) is 7. The number of hydrogen-bond donors (Lipinski definition) is 0. The van der Waals surface area contributed by atoms with Crippen molar-refractivity contribution in [2.24, 2.45) is 16.8 Å². The van der Waals surface area contributed by atoms with Gasteiger partial charge in [0.05, 0.1) is 31.3 Å². The average molecular weight is 390 g/mol. The standard InChI is InChI=1S/C22H18N2O5/c1-3-29-22(27)16-11-15-17(18(24-16)12-6-8-13(28-2)9-7-12)20(25)14-5-4-10-23-19(14)21(15)26/h4-11,15,17H,3H2,1-2H3. The second-order valence-corrected chi connectivity index (χ2v) is 6.63. The van der Waals surface area contributed by atoms with Crippen LogP contribution in [-0.2, 0) is 9.53 Å². The predicted octanol–water partition coefficient (Wildman–Crippen LogP) is 2.65. The summed E-state index contributed by atoms with van der Waals surface area (Å²) in [6, 6.07) is 10.2. The van der Waals surface area contributed by atoms with E-state index in [9.17, 15) is 14.4 Å². The summed E-state index contributed by atoms with van der Waals surface area (Å²) in [4.78, 5) is 47.3. The maximum Gasteiger partial charge on any atom is 0.356 e. The van der Waals surface area contributed by atoms with Crippen LogP contribution in [0.4, 0.5) is 0 Å². The summed E-state index contributed by atoms with van der Waals surface area (Å²) < 4.78 is 10.3. The largest absolute Gasteiger partial charge is 0.497 e. The molecule has 2 heterocycles. The lowest BCUT2D eigenvalue weighted by Gasteiger charge is -2.32. The Balaban J connectivity index is 1.87. The van der Waals surface area contributed by atoms with Crippen molar-refractivity contribution in [1.82, 2.24) is 4.98 Å². The Morgan fingerprint density at radius 2 is 1.86 bits per heavy atom. The van der Waals surface area contributed by atoms with Gasteiger partial charge in [0, 0.05) is 11.8 Å². The number of carbonyl (C=O) groups excluding carboxylic acids is 3. The quantitative estimate of drug-likeness (QED) is 0.745. The molecular formula is C22H18N2O5. The lowest BCUT2D eigenvalue weighted by molar-refractivity contribution is -0.138. The molecule has 2 aromatic rings. The zero-order valence-corrected chi connectivity index (χ0v) is 15.9. The number of nitrogens with zero attached hydrogens (tertiary/aromatic N) is 2. The summed E-state index contributed by atoms with van der Waals surface area (Å²) in [5, 5.41) is 0. The maximum absolute atomic E-state index is 13.3. The van der Waals surface area contributed by atoms with Crippen LogP contribution in [0, 0.1) is 11.8 Å². The summed E-state index contributed by atoms with van der Waals surface area (Å²) in [5.74, 6) is -2.24. The molecule has 4 rings (SSSR count). The second-order valence-electron chi connectivity index (χ2n) is 6.63. The van der Waals surface area contributed by atoms with Crippen LogP contribution in [0.3, 0.4) is 0 Å². The van der Waals surface area contributed by atoms with E-state index >= 15 is 0 Å². The molecule has 0 amide bonds. The van der Waals surface area contributed by atoms with Gasteiger partial charge < -0.3 is 9.47 Å². The van der Waals surface area contributed by atoms with Gasteiger partial charge in [0.25, 0.3) is 0 Å². The Labute approximate surface area is 167 Å². The second kappa shape index (κ2) is 7.43. The average Bonchev–Trinajstić information content (AvgIpc) is 2.77. The Hall–Kier alpha value is -3.61. The molecule has 0 saturated heterocycles. The molecule has 0 spiro atoms. The minimum absolute atomic E-state index is 0.0134. The number of carbonyl (C=O) groups is 3. The molecule has 1 aliphatic heterocycles. The molecule has 1 aromatic heterocycles. The zero-order valence-electron chi connectivity index (χ0n) is 15.9. The number of pyridine rings is 1. The third-order valence-corrected chi connectivity index (χ3v) is 4.99. The van der Waals surface area contributed by atoms with Crippen molar-refractivity contribution in [3.8, 4) is 5.75 Å². The fourth-order valence-electron chi connectivity index (χ4n) is 3.64. The van der Waals surface area contributed by atoms with E-state index in [2.05, 4.69) is 9.98 Å². The number of ketones is 2. The molecule has 146 valence electrons. The first-order valence-electron chi connectivity index (χ1n) is 9.20. The maximum atomic E-state index is 13.3. The predicted molar refractivity (Wildman–Crippen MR) is 104 cm³/mol.